The Bertz CT molecular complexity index is 2330. The highest BCUT2D eigenvalue weighted by molar-refractivity contribution is 6.42. The summed E-state index contributed by atoms with van der Waals surface area (Å²) in [5.41, 5.74) is 10.5. The molecule has 1 heterocycles. The van der Waals surface area contributed by atoms with Crippen LogP contribution in [0.5, 0.6) is 11.5 Å². The van der Waals surface area contributed by atoms with Gasteiger partial charge in [0.15, 0.2) is 5.75 Å². The van der Waals surface area contributed by atoms with Crippen LogP contribution in [-0.4, -0.2) is 11.8 Å². The highest BCUT2D eigenvalue weighted by atomic mass is 35.5. The van der Waals surface area contributed by atoms with Crippen molar-refractivity contribution in [1.29, 1.82) is 0 Å². The van der Waals surface area contributed by atoms with E-state index in [1.165, 1.54) is 4.90 Å². The van der Waals surface area contributed by atoms with E-state index in [2.05, 4.69) is 33.8 Å². The van der Waals surface area contributed by atoms with Crippen LogP contribution in [0.3, 0.4) is 0 Å². The second kappa shape index (κ2) is 10.2. The number of hydrogen-bond donors (Lipinski definition) is 1. The zero-order chi connectivity index (χ0) is 32.0. The van der Waals surface area contributed by atoms with E-state index in [0.29, 0.717) is 44.4 Å². The van der Waals surface area contributed by atoms with E-state index < -0.39 is 0 Å². The molecule has 7 aromatic carbocycles. The van der Waals surface area contributed by atoms with Crippen molar-refractivity contribution < 1.29 is 14.3 Å². The van der Waals surface area contributed by atoms with Crippen LogP contribution in [0.25, 0.3) is 43.1 Å². The van der Waals surface area contributed by atoms with Crippen molar-refractivity contribution in [2.75, 3.05) is 10.6 Å². The number of nitrogens with two attached hydrogens (primary N) is 1. The van der Waals surface area contributed by atoms with E-state index in [0.717, 1.165) is 48.8 Å². The van der Waals surface area contributed by atoms with Crippen LogP contribution in [0, 0.1) is 0 Å². The number of benzene rings is 7. The Kier molecular flexibility index (Phi) is 6.28. The first-order valence-corrected chi connectivity index (χ1v) is 15.9. The number of amides is 2. The minimum Gasteiger partial charge on any atom is -0.454 e. The lowest BCUT2D eigenvalue weighted by Crippen LogP contribution is -2.41. The van der Waals surface area contributed by atoms with Gasteiger partial charge >= 0.3 is 0 Å². The van der Waals surface area contributed by atoms with Crippen LogP contribution in [0.15, 0.2) is 91.0 Å². The Hall–Kier alpha value is -5.13. The third-order valence-electron chi connectivity index (χ3n) is 9.37. The molecule has 5 nitrogen and oxygen atoms in total. The van der Waals surface area contributed by atoms with Crippen LogP contribution in [0.4, 0.5) is 11.4 Å². The van der Waals surface area contributed by atoms with Crippen molar-refractivity contribution in [3.05, 3.63) is 118 Å². The van der Waals surface area contributed by atoms with Gasteiger partial charge in [0.1, 0.15) is 5.75 Å². The number of nitrogens with zero attached hydrogens (tertiary/aromatic N) is 1. The first-order chi connectivity index (χ1) is 22.2. The number of carbonyl (C=O) groups excluding carboxylic acids is 2. The van der Waals surface area contributed by atoms with Crippen LogP contribution < -0.4 is 15.4 Å². The van der Waals surface area contributed by atoms with Gasteiger partial charge in [0.2, 0.25) is 0 Å². The van der Waals surface area contributed by atoms with E-state index in [9.17, 15) is 9.59 Å². The molecule has 0 saturated carbocycles. The van der Waals surface area contributed by atoms with Gasteiger partial charge < -0.3 is 10.5 Å². The summed E-state index contributed by atoms with van der Waals surface area (Å²) in [6.45, 7) is 8.39. The highest BCUT2D eigenvalue weighted by Gasteiger charge is 2.38. The summed E-state index contributed by atoms with van der Waals surface area (Å²) in [4.78, 5) is 30.4. The van der Waals surface area contributed by atoms with Gasteiger partial charge in [-0.05, 0) is 86.3 Å². The first kappa shape index (κ1) is 28.4. The normalized spacial score (nSPS) is 13.4. The summed E-state index contributed by atoms with van der Waals surface area (Å²) in [5.74, 6) is 0.837. The Morgan fingerprint density at radius 1 is 0.609 bits per heavy atom. The molecule has 0 unspecified atom stereocenters. The maximum Gasteiger partial charge on any atom is 0.266 e. The van der Waals surface area contributed by atoms with E-state index >= 15 is 0 Å². The minimum absolute atomic E-state index is 0.132. The lowest BCUT2D eigenvalue weighted by molar-refractivity contribution is 0.0893. The van der Waals surface area contributed by atoms with Gasteiger partial charge in [-0.15, -0.1) is 0 Å². The van der Waals surface area contributed by atoms with Gasteiger partial charge in [-0.25, -0.2) is 4.90 Å². The number of fused-ring (bicyclic) bond motifs is 2. The maximum absolute atomic E-state index is 14.5. The molecule has 1 aliphatic heterocycles. The Morgan fingerprint density at radius 2 is 1.15 bits per heavy atom. The number of imide groups is 1. The molecule has 226 valence electrons. The van der Waals surface area contributed by atoms with Crippen molar-refractivity contribution in [2.45, 2.75) is 39.5 Å². The van der Waals surface area contributed by atoms with Crippen molar-refractivity contribution in [1.82, 2.24) is 0 Å². The molecule has 46 heavy (non-hydrogen) atoms. The largest absolute Gasteiger partial charge is 0.454 e. The molecule has 0 saturated heterocycles. The average molecular weight is 623 g/mol. The molecule has 0 aliphatic carbocycles. The lowest BCUT2D eigenvalue weighted by Gasteiger charge is -2.32. The molecule has 0 spiro atoms. The standard InChI is InChI=1S/C40H31ClN2O3/c1-20(2)23-7-5-8-24(21(3)4)38(23)43-39(44)30-14-12-27-25-9-6-10-29-33(46-34-19-22(41)11-17-32(34)42)18-16-26(35(25)29)28-13-15-31(40(43)45)37(30)36(27)28/h5-21H,42H2,1-4H3. The predicted octanol–water partition coefficient (Wildman–Crippen LogP) is 10.8. The van der Waals surface area contributed by atoms with E-state index in [4.69, 9.17) is 22.1 Å². The van der Waals surface area contributed by atoms with Crippen molar-refractivity contribution >= 4 is 77.9 Å². The molecule has 8 rings (SSSR count). The fraction of sp³-hybridized carbons (Fsp3) is 0.150. The molecule has 0 bridgehead atoms. The van der Waals surface area contributed by atoms with E-state index in [1.807, 2.05) is 66.7 Å². The summed E-state index contributed by atoms with van der Waals surface area (Å²) in [5, 5.41) is 8.13. The van der Waals surface area contributed by atoms with Crippen LogP contribution in [0.2, 0.25) is 5.02 Å². The third kappa shape index (κ3) is 3.95. The molecular weight excluding hydrogens is 592 g/mol. The fourth-order valence-corrected chi connectivity index (χ4v) is 7.40. The molecular formula is C40H31ClN2O3. The molecule has 7 aromatic rings. The van der Waals surface area contributed by atoms with Crippen LogP contribution in [-0.2, 0) is 0 Å². The molecule has 0 fully saturated rings. The summed E-state index contributed by atoms with van der Waals surface area (Å²) < 4.78 is 6.34. The van der Waals surface area contributed by atoms with Gasteiger partial charge in [0.05, 0.1) is 11.4 Å². The molecule has 1 aliphatic rings. The number of ether oxygens (including phenoxy) is 1. The molecule has 0 radical (unpaired) electrons. The van der Waals surface area contributed by atoms with Gasteiger partial charge in [-0.1, -0.05) is 87.8 Å². The molecule has 0 atom stereocenters. The number of rotatable bonds is 5. The fourth-order valence-electron chi connectivity index (χ4n) is 7.24. The summed E-state index contributed by atoms with van der Waals surface area (Å²) in [6.07, 6.45) is 0. The number of anilines is 2. The number of nitrogen functional groups attached to an aromatic ring is 1. The second-order valence-corrected chi connectivity index (χ2v) is 13.2. The molecule has 0 aromatic heterocycles. The highest BCUT2D eigenvalue weighted by Crippen LogP contribution is 2.47. The van der Waals surface area contributed by atoms with Gasteiger partial charge in [0, 0.05) is 38.4 Å². The number of carbonyl (C=O) groups is 2. The number of halogens is 1. The van der Waals surface area contributed by atoms with Crippen molar-refractivity contribution in [3.63, 3.8) is 0 Å². The summed E-state index contributed by atoms with van der Waals surface area (Å²) in [7, 11) is 0. The van der Waals surface area contributed by atoms with Crippen molar-refractivity contribution in [2.24, 2.45) is 0 Å². The SMILES string of the molecule is CC(C)c1cccc(C(C)C)c1N1C(=O)c2ccc3c4cccc5c(Oc6cc(Cl)ccc6N)ccc(c6ccc(c2c36)C1=O)c54. The Morgan fingerprint density at radius 3 is 1.78 bits per heavy atom. The quantitative estimate of drug-likeness (QED) is 0.0897. The van der Waals surface area contributed by atoms with Gasteiger partial charge in [-0.2, -0.15) is 0 Å². The van der Waals surface area contributed by atoms with Gasteiger partial charge in [0.25, 0.3) is 11.8 Å². The molecule has 2 amide bonds. The molecule has 6 heteroatoms. The third-order valence-corrected chi connectivity index (χ3v) is 9.61. The minimum atomic E-state index is -0.289. The predicted molar refractivity (Wildman–Crippen MR) is 189 cm³/mol. The van der Waals surface area contributed by atoms with Crippen LogP contribution in [0.1, 0.15) is 71.4 Å². The lowest BCUT2D eigenvalue weighted by atomic mass is 9.84. The Balaban J connectivity index is 1.37. The topological polar surface area (TPSA) is 72.6 Å². The van der Waals surface area contributed by atoms with E-state index in [1.54, 1.807) is 18.2 Å². The average Bonchev–Trinajstić information content (AvgIpc) is 3.04. The smallest absolute Gasteiger partial charge is 0.266 e. The zero-order valence-electron chi connectivity index (χ0n) is 25.9. The summed E-state index contributed by atoms with van der Waals surface area (Å²) in [6, 6.07) is 29.2. The van der Waals surface area contributed by atoms with E-state index in [-0.39, 0.29) is 23.7 Å². The molecule has 2 N–H and O–H groups in total. The van der Waals surface area contributed by atoms with Crippen molar-refractivity contribution in [3.8, 4) is 11.5 Å². The second-order valence-electron chi connectivity index (χ2n) is 12.7. The number of para-hydroxylation sites is 1. The first-order valence-electron chi connectivity index (χ1n) is 15.6. The van der Waals surface area contributed by atoms with Crippen LogP contribution >= 0.6 is 11.6 Å². The summed E-state index contributed by atoms with van der Waals surface area (Å²) >= 11 is 6.25. The Labute approximate surface area is 271 Å². The zero-order valence-corrected chi connectivity index (χ0v) is 26.7. The number of hydrogen-bond acceptors (Lipinski definition) is 4. The maximum atomic E-state index is 14.5. The van der Waals surface area contributed by atoms with Gasteiger partial charge in [-0.3, -0.25) is 9.59 Å². The monoisotopic (exact) mass is 622 g/mol.